The van der Waals surface area contributed by atoms with Gasteiger partial charge in [-0.2, -0.15) is 0 Å². The van der Waals surface area contributed by atoms with Crippen LogP contribution in [0.3, 0.4) is 0 Å². The van der Waals surface area contributed by atoms with Gasteiger partial charge in [-0.1, -0.05) is 54.6 Å². The molecule has 2 heterocycles. The fourth-order valence-electron chi connectivity index (χ4n) is 3.66. The quantitative estimate of drug-likeness (QED) is 0.306. The lowest BCUT2D eigenvalue weighted by Crippen LogP contribution is -2.00. The van der Waals surface area contributed by atoms with E-state index in [9.17, 15) is 14.7 Å². The number of fused-ring (bicyclic) bond motifs is 1. The molecule has 0 aliphatic heterocycles. The number of aromatic hydroxyl groups is 1. The van der Waals surface area contributed by atoms with Crippen LogP contribution in [0.15, 0.2) is 89.3 Å². The number of hydrogen-bond donors (Lipinski definition) is 2. The first-order valence-electron chi connectivity index (χ1n) is 9.80. The number of benzene rings is 3. The zero-order valence-electron chi connectivity index (χ0n) is 16.6. The molecule has 0 spiro atoms. The molecule has 0 saturated heterocycles. The third-order valence-corrected chi connectivity index (χ3v) is 6.34. The van der Waals surface area contributed by atoms with Gasteiger partial charge in [-0.3, -0.25) is 4.79 Å². The molecular weight excluding hydrogens is 424 g/mol. The van der Waals surface area contributed by atoms with Crippen molar-refractivity contribution in [1.29, 1.82) is 0 Å². The zero-order valence-corrected chi connectivity index (χ0v) is 17.4. The van der Waals surface area contributed by atoms with Gasteiger partial charge in [0, 0.05) is 26.8 Å². The number of phenolic OH excluding ortho intramolecular Hbond substituents is 1. The Bertz CT molecular complexity index is 1460. The molecular formula is C26H16O5S. The second kappa shape index (κ2) is 7.83. The topological polar surface area (TPSA) is 87.7 Å². The van der Waals surface area contributed by atoms with E-state index in [0.29, 0.717) is 16.2 Å². The van der Waals surface area contributed by atoms with Gasteiger partial charge in [0.15, 0.2) is 0 Å². The molecule has 156 valence electrons. The smallest absolute Gasteiger partial charge is 0.371 e. The van der Waals surface area contributed by atoms with Crippen molar-refractivity contribution in [3.63, 3.8) is 0 Å². The summed E-state index contributed by atoms with van der Waals surface area (Å²) < 4.78 is 6.21. The summed E-state index contributed by atoms with van der Waals surface area (Å²) in [6.07, 6.45) is 0. The highest BCUT2D eigenvalue weighted by Crippen LogP contribution is 2.41. The molecule has 0 bridgehead atoms. The standard InChI is InChI=1S/C26H16O5S/c27-18-10-11-19-22(14-18)32-25(24(28)17-4-2-1-3-5-17)23(19)16-8-6-15(7-9-16)20-12-13-21(31-20)26(29)30/h1-14,27H,(H,29,30). The maximum Gasteiger partial charge on any atom is 0.371 e. The molecule has 0 unspecified atom stereocenters. The van der Waals surface area contributed by atoms with Gasteiger partial charge in [0.05, 0.1) is 4.88 Å². The van der Waals surface area contributed by atoms with Gasteiger partial charge >= 0.3 is 5.97 Å². The van der Waals surface area contributed by atoms with E-state index in [-0.39, 0.29) is 17.3 Å². The van der Waals surface area contributed by atoms with Crippen molar-refractivity contribution >= 4 is 33.2 Å². The molecule has 6 heteroatoms. The Morgan fingerprint density at radius 3 is 2.22 bits per heavy atom. The van der Waals surface area contributed by atoms with Crippen molar-refractivity contribution in [3.8, 4) is 28.2 Å². The van der Waals surface area contributed by atoms with Gasteiger partial charge in [0.1, 0.15) is 11.5 Å². The Morgan fingerprint density at radius 1 is 0.812 bits per heavy atom. The van der Waals surface area contributed by atoms with Crippen molar-refractivity contribution in [2.75, 3.05) is 0 Å². The van der Waals surface area contributed by atoms with Crippen LogP contribution in [0.2, 0.25) is 0 Å². The molecule has 5 nitrogen and oxygen atoms in total. The van der Waals surface area contributed by atoms with E-state index in [1.807, 2.05) is 48.5 Å². The first-order chi connectivity index (χ1) is 15.5. The second-order valence-corrected chi connectivity index (χ2v) is 8.28. The largest absolute Gasteiger partial charge is 0.508 e. The summed E-state index contributed by atoms with van der Waals surface area (Å²) in [5.74, 6) is -0.725. The monoisotopic (exact) mass is 440 g/mol. The molecule has 32 heavy (non-hydrogen) atoms. The molecule has 0 fully saturated rings. The summed E-state index contributed by atoms with van der Waals surface area (Å²) in [4.78, 5) is 25.0. The van der Waals surface area contributed by atoms with Crippen molar-refractivity contribution in [2.45, 2.75) is 0 Å². The van der Waals surface area contributed by atoms with E-state index in [1.54, 1.807) is 30.3 Å². The third kappa shape index (κ3) is 3.46. The van der Waals surface area contributed by atoms with Crippen LogP contribution < -0.4 is 0 Å². The van der Waals surface area contributed by atoms with Crippen LogP contribution in [-0.2, 0) is 0 Å². The van der Waals surface area contributed by atoms with E-state index in [0.717, 1.165) is 26.8 Å². The average molecular weight is 440 g/mol. The molecule has 3 aromatic carbocycles. The highest BCUT2D eigenvalue weighted by Gasteiger charge is 2.21. The molecule has 0 aliphatic carbocycles. The highest BCUT2D eigenvalue weighted by atomic mass is 32.1. The molecule has 2 aromatic heterocycles. The van der Waals surface area contributed by atoms with Crippen LogP contribution in [-0.4, -0.2) is 22.0 Å². The predicted octanol–water partition coefficient (Wildman–Crippen LogP) is 6.46. The number of ketones is 1. The van der Waals surface area contributed by atoms with E-state index >= 15 is 0 Å². The highest BCUT2D eigenvalue weighted by molar-refractivity contribution is 7.21. The van der Waals surface area contributed by atoms with Crippen molar-refractivity contribution in [1.82, 2.24) is 0 Å². The van der Waals surface area contributed by atoms with Gasteiger partial charge in [-0.05, 0) is 35.9 Å². The average Bonchev–Trinajstić information content (AvgIpc) is 3.44. The van der Waals surface area contributed by atoms with E-state index < -0.39 is 5.97 Å². The Hall–Kier alpha value is -4.16. The number of carbonyl (C=O) groups excluding carboxylic acids is 1. The minimum Gasteiger partial charge on any atom is -0.508 e. The van der Waals surface area contributed by atoms with Crippen LogP contribution in [0.5, 0.6) is 5.75 Å². The molecule has 0 aliphatic rings. The Kier molecular flexibility index (Phi) is 4.84. The molecule has 0 radical (unpaired) electrons. The molecule has 2 N–H and O–H groups in total. The predicted molar refractivity (Wildman–Crippen MR) is 123 cm³/mol. The summed E-state index contributed by atoms with van der Waals surface area (Å²) in [5, 5.41) is 19.9. The van der Waals surface area contributed by atoms with Gasteiger partial charge in [-0.15, -0.1) is 11.3 Å². The number of phenols is 1. The lowest BCUT2D eigenvalue weighted by atomic mass is 9.97. The first-order valence-corrected chi connectivity index (χ1v) is 10.6. The molecule has 0 saturated carbocycles. The van der Waals surface area contributed by atoms with Crippen LogP contribution in [0, 0.1) is 0 Å². The summed E-state index contributed by atoms with van der Waals surface area (Å²) >= 11 is 1.35. The van der Waals surface area contributed by atoms with Crippen LogP contribution in [0.25, 0.3) is 32.5 Å². The minimum atomic E-state index is -1.12. The number of carboxylic acid groups (broad SMARTS) is 1. The van der Waals surface area contributed by atoms with Gasteiger partial charge in [0.25, 0.3) is 0 Å². The summed E-state index contributed by atoms with van der Waals surface area (Å²) in [7, 11) is 0. The fraction of sp³-hybridized carbons (Fsp3) is 0. The van der Waals surface area contributed by atoms with Gasteiger partial charge < -0.3 is 14.6 Å². The summed E-state index contributed by atoms with van der Waals surface area (Å²) in [5.41, 5.74) is 2.97. The molecule has 0 amide bonds. The summed E-state index contributed by atoms with van der Waals surface area (Å²) in [6, 6.07) is 24.7. The zero-order chi connectivity index (χ0) is 22.2. The van der Waals surface area contributed by atoms with Gasteiger partial charge in [-0.25, -0.2) is 4.79 Å². The SMILES string of the molecule is O=C(O)c1ccc(-c2ccc(-c3c(C(=O)c4ccccc4)sc4cc(O)ccc34)cc2)o1. The number of furan rings is 1. The number of hydrogen-bond acceptors (Lipinski definition) is 5. The normalized spacial score (nSPS) is 11.0. The maximum atomic E-state index is 13.3. The molecule has 5 aromatic rings. The number of thiophene rings is 1. The Balaban J connectivity index is 1.62. The fourth-order valence-corrected chi connectivity index (χ4v) is 4.88. The second-order valence-electron chi connectivity index (χ2n) is 7.23. The number of carbonyl (C=O) groups is 2. The lowest BCUT2D eigenvalue weighted by molar-refractivity contribution is 0.0663. The molecule has 5 rings (SSSR count). The first kappa shape index (κ1) is 19.8. The summed E-state index contributed by atoms with van der Waals surface area (Å²) in [6.45, 7) is 0. The number of aromatic carboxylic acids is 1. The van der Waals surface area contributed by atoms with Crippen LogP contribution in [0.4, 0.5) is 0 Å². The minimum absolute atomic E-state index is 0.0810. The van der Waals surface area contributed by atoms with Gasteiger partial charge in [0.2, 0.25) is 11.5 Å². The third-order valence-electron chi connectivity index (χ3n) is 5.19. The van der Waals surface area contributed by atoms with E-state index in [2.05, 4.69) is 0 Å². The Morgan fingerprint density at radius 2 is 1.53 bits per heavy atom. The van der Waals surface area contributed by atoms with Crippen molar-refractivity contribution < 1.29 is 24.2 Å². The number of rotatable bonds is 5. The van der Waals surface area contributed by atoms with Crippen LogP contribution >= 0.6 is 11.3 Å². The van der Waals surface area contributed by atoms with Crippen LogP contribution in [0.1, 0.15) is 25.8 Å². The molecule has 0 atom stereocenters. The maximum absolute atomic E-state index is 13.3. The van der Waals surface area contributed by atoms with Crippen molar-refractivity contribution in [2.24, 2.45) is 0 Å². The Labute approximate surface area is 186 Å². The van der Waals surface area contributed by atoms with Crippen molar-refractivity contribution in [3.05, 3.63) is 101 Å². The number of carboxylic acids is 1. The van der Waals surface area contributed by atoms with E-state index in [1.165, 1.54) is 17.4 Å². The lowest BCUT2D eigenvalue weighted by Gasteiger charge is -2.06. The van der Waals surface area contributed by atoms with E-state index in [4.69, 9.17) is 9.52 Å².